The van der Waals surface area contributed by atoms with Crippen molar-refractivity contribution in [1.29, 1.82) is 0 Å². The second-order valence-electron chi connectivity index (χ2n) is 6.23. The summed E-state index contributed by atoms with van der Waals surface area (Å²) in [5, 5.41) is 2.42. The van der Waals surface area contributed by atoms with Crippen LogP contribution in [0.25, 0.3) is 0 Å². The van der Waals surface area contributed by atoms with Crippen LogP contribution >= 0.6 is 0 Å². The fourth-order valence-corrected chi connectivity index (χ4v) is 2.66. The molecule has 2 aromatic rings. The molecule has 0 aromatic heterocycles. The van der Waals surface area contributed by atoms with Gasteiger partial charge in [0.2, 0.25) is 5.91 Å². The molecule has 1 amide bonds. The average molecular weight is 362 g/mol. The first kappa shape index (κ1) is 18.1. The molecule has 26 heavy (non-hydrogen) atoms. The summed E-state index contributed by atoms with van der Waals surface area (Å²) < 4.78 is 38.4. The van der Waals surface area contributed by atoms with Crippen LogP contribution in [0.5, 0.6) is 11.5 Å². The van der Waals surface area contributed by atoms with Crippen molar-refractivity contribution in [1.82, 2.24) is 4.90 Å². The van der Waals surface area contributed by atoms with Crippen LogP contribution in [0, 0.1) is 11.6 Å². The Kier molecular flexibility index (Phi) is 5.37. The van der Waals surface area contributed by atoms with Crippen LogP contribution in [0.2, 0.25) is 0 Å². The van der Waals surface area contributed by atoms with E-state index in [1.807, 2.05) is 24.3 Å². The molecule has 0 spiro atoms. The molecule has 0 saturated heterocycles. The molecule has 1 aliphatic rings. The summed E-state index contributed by atoms with van der Waals surface area (Å²) in [7, 11) is 1.76. The highest BCUT2D eigenvalue weighted by Gasteiger charge is 2.26. The van der Waals surface area contributed by atoms with Gasteiger partial charge in [-0.2, -0.15) is 0 Å². The van der Waals surface area contributed by atoms with E-state index in [1.54, 1.807) is 18.9 Å². The first-order valence-corrected chi connectivity index (χ1v) is 8.28. The number of rotatable bonds is 5. The topological polar surface area (TPSA) is 50.8 Å². The van der Waals surface area contributed by atoms with Crippen molar-refractivity contribution >= 4 is 11.6 Å². The van der Waals surface area contributed by atoms with Crippen LogP contribution in [0.15, 0.2) is 42.5 Å². The van der Waals surface area contributed by atoms with Gasteiger partial charge < -0.3 is 14.8 Å². The number of hydrogen-bond acceptors (Lipinski definition) is 4. The number of nitrogens with zero attached hydrogens (tertiary/aromatic N) is 1. The molecule has 0 radical (unpaired) electrons. The van der Waals surface area contributed by atoms with E-state index in [4.69, 9.17) is 9.47 Å². The molecule has 7 heteroatoms. The molecule has 0 unspecified atom stereocenters. The van der Waals surface area contributed by atoms with Crippen LogP contribution in [0.3, 0.4) is 0 Å². The summed E-state index contributed by atoms with van der Waals surface area (Å²) in [6, 6.07) is 9.74. The van der Waals surface area contributed by atoms with E-state index in [0.717, 1.165) is 18.2 Å². The van der Waals surface area contributed by atoms with Gasteiger partial charge in [0, 0.05) is 12.6 Å². The minimum Gasteiger partial charge on any atom is -0.486 e. The second-order valence-corrected chi connectivity index (χ2v) is 6.23. The largest absolute Gasteiger partial charge is 0.486 e. The summed E-state index contributed by atoms with van der Waals surface area (Å²) in [4.78, 5) is 14.1. The number of halogens is 2. The van der Waals surface area contributed by atoms with E-state index in [-0.39, 0.29) is 11.8 Å². The molecule has 138 valence electrons. The van der Waals surface area contributed by atoms with Crippen LogP contribution in [-0.4, -0.2) is 43.2 Å². The molecule has 0 fully saturated rings. The predicted molar refractivity (Wildman–Crippen MR) is 93.4 cm³/mol. The van der Waals surface area contributed by atoms with E-state index in [0.29, 0.717) is 24.7 Å². The molecule has 1 aliphatic heterocycles. The number of anilines is 1. The summed E-state index contributed by atoms with van der Waals surface area (Å²) in [6.45, 7) is 2.49. The number of amides is 1. The lowest BCUT2D eigenvalue weighted by Gasteiger charge is -2.31. The van der Waals surface area contributed by atoms with E-state index < -0.39 is 23.6 Å². The van der Waals surface area contributed by atoms with Gasteiger partial charge in [-0.3, -0.25) is 9.69 Å². The molecule has 5 nitrogen and oxygen atoms in total. The third kappa shape index (κ3) is 4.11. The van der Waals surface area contributed by atoms with Gasteiger partial charge in [0.1, 0.15) is 24.3 Å². The van der Waals surface area contributed by atoms with Crippen molar-refractivity contribution in [3.63, 3.8) is 0 Å². The number of benzene rings is 2. The fraction of sp³-hybridized carbons (Fsp3) is 0.316. The smallest absolute Gasteiger partial charge is 0.241 e. The van der Waals surface area contributed by atoms with E-state index in [9.17, 15) is 13.6 Å². The highest BCUT2D eigenvalue weighted by atomic mass is 19.1. The monoisotopic (exact) mass is 362 g/mol. The molecule has 0 saturated carbocycles. The van der Waals surface area contributed by atoms with Gasteiger partial charge in [0.15, 0.2) is 11.5 Å². The van der Waals surface area contributed by atoms with Crippen molar-refractivity contribution < 1.29 is 23.0 Å². The summed E-state index contributed by atoms with van der Waals surface area (Å²) in [5.41, 5.74) is -0.179. The molecule has 0 bridgehead atoms. The van der Waals surface area contributed by atoms with Crippen molar-refractivity contribution in [3.05, 3.63) is 54.1 Å². The van der Waals surface area contributed by atoms with Crippen LogP contribution in [0.4, 0.5) is 14.5 Å². The first-order chi connectivity index (χ1) is 12.4. The standard InChI is InChI=1S/C19H20F2N2O3/c1-12(19(24)22-16-9-13(20)7-8-15(16)21)23(2)10-14-11-25-17-5-3-4-6-18(17)26-14/h3-9,12,14H,10-11H2,1-2H3,(H,22,24)/t12-,14-/m0/s1. The van der Waals surface area contributed by atoms with Gasteiger partial charge in [0.05, 0.1) is 11.7 Å². The Morgan fingerprint density at radius 1 is 1.27 bits per heavy atom. The fourth-order valence-electron chi connectivity index (χ4n) is 2.66. The number of hydrogen-bond donors (Lipinski definition) is 1. The van der Waals surface area contributed by atoms with Gasteiger partial charge in [0.25, 0.3) is 0 Å². The van der Waals surface area contributed by atoms with Crippen LogP contribution in [0.1, 0.15) is 6.92 Å². The third-order valence-electron chi connectivity index (χ3n) is 4.29. The zero-order valence-electron chi connectivity index (χ0n) is 14.5. The number of ether oxygens (including phenoxy) is 2. The number of nitrogens with one attached hydrogen (secondary N) is 1. The normalized spacial score (nSPS) is 17.0. The molecule has 1 heterocycles. The summed E-state index contributed by atoms with van der Waals surface area (Å²) in [6.07, 6.45) is -0.240. The molecule has 1 N–H and O–H groups in total. The third-order valence-corrected chi connectivity index (χ3v) is 4.29. The molecular weight excluding hydrogens is 342 g/mol. The van der Waals surface area contributed by atoms with Crippen LogP contribution in [-0.2, 0) is 4.79 Å². The van der Waals surface area contributed by atoms with Crippen molar-refractivity contribution in [2.45, 2.75) is 19.1 Å². The lowest BCUT2D eigenvalue weighted by atomic mass is 10.2. The Bertz CT molecular complexity index is 800. The molecular formula is C19H20F2N2O3. The number of carbonyl (C=O) groups is 1. The Morgan fingerprint density at radius 3 is 2.77 bits per heavy atom. The lowest BCUT2D eigenvalue weighted by Crippen LogP contribution is -2.46. The van der Waals surface area contributed by atoms with Crippen LogP contribution < -0.4 is 14.8 Å². The molecule has 3 rings (SSSR count). The minimum atomic E-state index is -0.685. The predicted octanol–water partition coefficient (Wildman–Crippen LogP) is 3.06. The number of fused-ring (bicyclic) bond motifs is 1. The Morgan fingerprint density at radius 2 is 2.00 bits per heavy atom. The molecule has 0 aliphatic carbocycles. The highest BCUT2D eigenvalue weighted by Crippen LogP contribution is 2.31. The Hall–Kier alpha value is -2.67. The van der Waals surface area contributed by atoms with Crippen molar-refractivity contribution in [2.75, 3.05) is 25.5 Å². The van der Waals surface area contributed by atoms with Gasteiger partial charge in [-0.1, -0.05) is 12.1 Å². The van der Waals surface area contributed by atoms with Gasteiger partial charge in [-0.15, -0.1) is 0 Å². The first-order valence-electron chi connectivity index (χ1n) is 8.28. The zero-order valence-corrected chi connectivity index (χ0v) is 14.5. The van der Waals surface area contributed by atoms with E-state index in [1.165, 1.54) is 0 Å². The van der Waals surface area contributed by atoms with Gasteiger partial charge in [-0.25, -0.2) is 8.78 Å². The molecule has 2 aromatic carbocycles. The Balaban J connectivity index is 1.58. The van der Waals surface area contributed by atoms with E-state index >= 15 is 0 Å². The van der Waals surface area contributed by atoms with Gasteiger partial charge >= 0.3 is 0 Å². The molecule has 2 atom stereocenters. The maximum Gasteiger partial charge on any atom is 0.241 e. The summed E-state index contributed by atoms with van der Waals surface area (Å²) in [5.74, 6) is -0.381. The van der Waals surface area contributed by atoms with Crippen molar-refractivity contribution in [2.24, 2.45) is 0 Å². The SMILES string of the molecule is C[C@@H](C(=O)Nc1cc(F)ccc1F)N(C)C[C@H]1COc2ccccc2O1. The van der Waals surface area contributed by atoms with Crippen molar-refractivity contribution in [3.8, 4) is 11.5 Å². The highest BCUT2D eigenvalue weighted by molar-refractivity contribution is 5.94. The van der Waals surface area contributed by atoms with E-state index in [2.05, 4.69) is 5.32 Å². The number of para-hydroxylation sites is 2. The quantitative estimate of drug-likeness (QED) is 0.888. The zero-order chi connectivity index (χ0) is 18.7. The Labute approximate surface area is 150 Å². The average Bonchev–Trinajstić information content (AvgIpc) is 2.64. The minimum absolute atomic E-state index is 0.179. The summed E-state index contributed by atoms with van der Waals surface area (Å²) >= 11 is 0. The maximum atomic E-state index is 13.7. The van der Waals surface area contributed by atoms with Gasteiger partial charge in [-0.05, 0) is 38.2 Å². The lowest BCUT2D eigenvalue weighted by molar-refractivity contribution is -0.120. The maximum absolute atomic E-state index is 13.7. The number of carbonyl (C=O) groups excluding carboxylic acids is 1. The second kappa shape index (κ2) is 7.70. The number of likely N-dealkylation sites (N-methyl/N-ethyl adjacent to an activating group) is 1.